The minimum absolute atomic E-state index is 0.0689. The maximum Gasteiger partial charge on any atom is 0.158 e. The molecule has 138 valence electrons. The number of anilines is 1. The van der Waals surface area contributed by atoms with Gasteiger partial charge in [-0.05, 0) is 36.8 Å². The van der Waals surface area contributed by atoms with Gasteiger partial charge >= 0.3 is 0 Å². The summed E-state index contributed by atoms with van der Waals surface area (Å²) in [5, 5.41) is 0.677. The van der Waals surface area contributed by atoms with Gasteiger partial charge in [0.25, 0.3) is 0 Å². The lowest BCUT2D eigenvalue weighted by atomic mass is 9.89. The van der Waals surface area contributed by atoms with E-state index < -0.39 is 0 Å². The Morgan fingerprint density at radius 3 is 2.65 bits per heavy atom. The van der Waals surface area contributed by atoms with Crippen LogP contribution in [0.1, 0.15) is 36.4 Å². The van der Waals surface area contributed by atoms with Gasteiger partial charge in [0.2, 0.25) is 0 Å². The fourth-order valence-corrected chi connectivity index (χ4v) is 3.89. The predicted octanol–water partition coefficient (Wildman–Crippen LogP) is 4.27. The first-order valence-electron chi connectivity index (χ1n) is 9.13. The number of Topliss-reactive ketones (excluding diaryl/α,β-unsaturated/α-hetero) is 1. The van der Waals surface area contributed by atoms with Gasteiger partial charge < -0.3 is 9.64 Å². The molecule has 1 fully saturated rings. The van der Waals surface area contributed by atoms with E-state index in [9.17, 15) is 4.79 Å². The summed E-state index contributed by atoms with van der Waals surface area (Å²) in [5.41, 5.74) is 3.24. The number of carbonyl (C=O) groups excluding carboxylic acids is 1. The Bertz CT molecular complexity index is 728. The fraction of sp³-hybridized carbons (Fsp3) is 0.429. The molecule has 0 amide bonds. The summed E-state index contributed by atoms with van der Waals surface area (Å²) >= 11 is 6.61. The van der Waals surface area contributed by atoms with Crippen molar-refractivity contribution in [2.24, 2.45) is 0 Å². The number of halogens is 1. The van der Waals surface area contributed by atoms with Crippen molar-refractivity contribution in [2.75, 3.05) is 31.7 Å². The van der Waals surface area contributed by atoms with E-state index in [4.69, 9.17) is 16.3 Å². The second-order valence-electron chi connectivity index (χ2n) is 6.73. The standard InChI is InChI=1S/C21H25ClN2O2/c1-26-15-18(25)7-8-19-21(22)20(9-12-23-19)24-13-10-17(11-14-24)16-5-3-2-4-6-16/h2-6,9,12,17H,7-8,10-11,13-15H2,1H3. The number of benzene rings is 1. The molecule has 5 heteroatoms. The van der Waals surface area contributed by atoms with E-state index in [-0.39, 0.29) is 12.4 Å². The molecule has 0 spiro atoms. The molecule has 1 aromatic heterocycles. The second-order valence-corrected chi connectivity index (χ2v) is 7.11. The van der Waals surface area contributed by atoms with Gasteiger partial charge in [0, 0.05) is 32.8 Å². The van der Waals surface area contributed by atoms with Gasteiger partial charge in [0.1, 0.15) is 6.61 Å². The van der Waals surface area contributed by atoms with Crippen LogP contribution in [0.2, 0.25) is 5.02 Å². The highest BCUT2D eigenvalue weighted by Crippen LogP contribution is 2.34. The van der Waals surface area contributed by atoms with Gasteiger partial charge in [0.05, 0.1) is 16.4 Å². The highest BCUT2D eigenvalue weighted by Gasteiger charge is 2.23. The zero-order valence-electron chi connectivity index (χ0n) is 15.2. The molecule has 2 heterocycles. The molecule has 0 radical (unpaired) electrons. The minimum Gasteiger partial charge on any atom is -0.377 e. The van der Waals surface area contributed by atoms with Crippen LogP contribution in [0.15, 0.2) is 42.6 Å². The Morgan fingerprint density at radius 1 is 1.23 bits per heavy atom. The molecule has 0 N–H and O–H groups in total. The van der Waals surface area contributed by atoms with E-state index in [0.717, 1.165) is 37.3 Å². The number of aryl methyl sites for hydroxylation is 1. The average Bonchev–Trinajstić information content (AvgIpc) is 2.68. The van der Waals surface area contributed by atoms with Gasteiger partial charge in [-0.15, -0.1) is 0 Å². The van der Waals surface area contributed by atoms with Crippen LogP contribution in [0.25, 0.3) is 0 Å². The van der Waals surface area contributed by atoms with Crippen molar-refractivity contribution < 1.29 is 9.53 Å². The number of carbonyl (C=O) groups is 1. The Labute approximate surface area is 160 Å². The smallest absolute Gasteiger partial charge is 0.158 e. The van der Waals surface area contributed by atoms with Crippen molar-refractivity contribution in [1.29, 1.82) is 0 Å². The van der Waals surface area contributed by atoms with Crippen LogP contribution in [-0.4, -0.2) is 37.6 Å². The summed E-state index contributed by atoms with van der Waals surface area (Å²) < 4.78 is 4.88. The quantitative estimate of drug-likeness (QED) is 0.728. The molecule has 3 rings (SSSR count). The van der Waals surface area contributed by atoms with E-state index >= 15 is 0 Å². The van der Waals surface area contributed by atoms with Gasteiger partial charge in [-0.25, -0.2) is 0 Å². The molecule has 0 saturated carbocycles. The van der Waals surface area contributed by atoms with Gasteiger partial charge in [-0.3, -0.25) is 9.78 Å². The number of nitrogens with zero attached hydrogens (tertiary/aromatic N) is 2. The van der Waals surface area contributed by atoms with Crippen molar-refractivity contribution in [3.05, 3.63) is 58.9 Å². The Balaban J connectivity index is 1.63. The topological polar surface area (TPSA) is 42.4 Å². The average molecular weight is 373 g/mol. The molecule has 1 saturated heterocycles. The minimum atomic E-state index is 0.0689. The van der Waals surface area contributed by atoms with Crippen LogP contribution in [-0.2, 0) is 16.0 Å². The molecule has 2 aromatic rings. The van der Waals surface area contributed by atoms with E-state index in [1.54, 1.807) is 6.20 Å². The zero-order valence-corrected chi connectivity index (χ0v) is 15.9. The predicted molar refractivity (Wildman–Crippen MR) is 105 cm³/mol. The molecular formula is C21H25ClN2O2. The van der Waals surface area contributed by atoms with E-state index in [2.05, 4.69) is 40.2 Å². The number of hydrogen-bond donors (Lipinski definition) is 0. The van der Waals surface area contributed by atoms with Gasteiger partial charge in [-0.1, -0.05) is 41.9 Å². The molecule has 0 atom stereocenters. The van der Waals surface area contributed by atoms with E-state index in [1.807, 2.05) is 6.07 Å². The van der Waals surface area contributed by atoms with Crippen molar-refractivity contribution in [3.8, 4) is 0 Å². The van der Waals surface area contributed by atoms with Gasteiger partial charge in [-0.2, -0.15) is 0 Å². The molecule has 1 aromatic carbocycles. The molecule has 26 heavy (non-hydrogen) atoms. The maximum absolute atomic E-state index is 11.7. The second kappa shape index (κ2) is 9.15. The fourth-order valence-electron chi connectivity index (χ4n) is 3.56. The Hall–Kier alpha value is -1.91. The highest BCUT2D eigenvalue weighted by atomic mass is 35.5. The van der Waals surface area contributed by atoms with E-state index in [0.29, 0.717) is 23.8 Å². The number of pyridine rings is 1. The van der Waals surface area contributed by atoms with Crippen LogP contribution >= 0.6 is 11.6 Å². The van der Waals surface area contributed by atoms with Crippen molar-refractivity contribution >= 4 is 23.1 Å². The number of ketones is 1. The normalized spacial score (nSPS) is 15.2. The summed E-state index contributed by atoms with van der Waals surface area (Å²) in [6, 6.07) is 12.7. The Kier molecular flexibility index (Phi) is 6.64. The number of hydrogen-bond acceptors (Lipinski definition) is 4. The molecular weight excluding hydrogens is 348 g/mol. The summed E-state index contributed by atoms with van der Waals surface area (Å²) in [4.78, 5) is 18.4. The van der Waals surface area contributed by atoms with Crippen LogP contribution in [0.3, 0.4) is 0 Å². The van der Waals surface area contributed by atoms with Crippen LogP contribution < -0.4 is 4.90 Å². The summed E-state index contributed by atoms with van der Waals surface area (Å²) in [6.45, 7) is 2.10. The monoisotopic (exact) mass is 372 g/mol. The Morgan fingerprint density at radius 2 is 1.96 bits per heavy atom. The first-order valence-corrected chi connectivity index (χ1v) is 9.50. The number of methoxy groups -OCH3 is 1. The maximum atomic E-state index is 11.7. The van der Waals surface area contributed by atoms with Crippen molar-refractivity contribution in [1.82, 2.24) is 4.98 Å². The summed E-state index contributed by atoms with van der Waals surface area (Å²) in [6.07, 6.45) is 4.98. The lowest BCUT2D eigenvalue weighted by Gasteiger charge is -2.34. The first kappa shape index (κ1) is 18.9. The molecule has 1 aliphatic rings. The van der Waals surface area contributed by atoms with E-state index in [1.165, 1.54) is 12.7 Å². The van der Waals surface area contributed by atoms with Crippen LogP contribution in [0.4, 0.5) is 5.69 Å². The number of ether oxygens (including phenoxy) is 1. The third kappa shape index (κ3) is 4.63. The summed E-state index contributed by atoms with van der Waals surface area (Å²) in [7, 11) is 1.53. The zero-order chi connectivity index (χ0) is 18.4. The SMILES string of the molecule is COCC(=O)CCc1nccc(N2CCC(c3ccccc3)CC2)c1Cl. The number of piperidine rings is 1. The third-order valence-corrected chi connectivity index (χ3v) is 5.41. The highest BCUT2D eigenvalue weighted by molar-refractivity contribution is 6.33. The molecule has 4 nitrogen and oxygen atoms in total. The molecule has 0 aliphatic carbocycles. The molecule has 1 aliphatic heterocycles. The molecule has 0 bridgehead atoms. The van der Waals surface area contributed by atoms with Crippen LogP contribution in [0, 0.1) is 0 Å². The first-order chi connectivity index (χ1) is 12.7. The lowest BCUT2D eigenvalue weighted by molar-refractivity contribution is -0.122. The van der Waals surface area contributed by atoms with Gasteiger partial charge in [0.15, 0.2) is 5.78 Å². The van der Waals surface area contributed by atoms with Crippen LogP contribution in [0.5, 0.6) is 0 Å². The lowest BCUT2D eigenvalue weighted by Crippen LogP contribution is -2.33. The van der Waals surface area contributed by atoms with Crippen molar-refractivity contribution in [3.63, 3.8) is 0 Å². The van der Waals surface area contributed by atoms with Crippen molar-refractivity contribution in [2.45, 2.75) is 31.6 Å². The third-order valence-electron chi connectivity index (χ3n) is 4.99. The number of rotatable bonds is 7. The largest absolute Gasteiger partial charge is 0.377 e. The number of aromatic nitrogens is 1. The molecule has 0 unspecified atom stereocenters. The summed E-state index contributed by atoms with van der Waals surface area (Å²) in [5.74, 6) is 0.679.